The molecule has 1 saturated heterocycles. The molecule has 1 aromatic rings. The van der Waals surface area contributed by atoms with Gasteiger partial charge in [0.25, 0.3) is 0 Å². The van der Waals surface area contributed by atoms with Gasteiger partial charge in [0, 0.05) is 26.2 Å². The SMILES string of the molecule is O=C(O)[C@H]1[C@H](C(=O)N2CCN(S(=O)(=O)c3ccccc3)CC2)[C@H]2C=C[C@H]1C2. The Morgan fingerprint density at radius 1 is 0.926 bits per heavy atom. The monoisotopic (exact) mass is 390 g/mol. The summed E-state index contributed by atoms with van der Waals surface area (Å²) >= 11 is 0. The zero-order chi connectivity index (χ0) is 19.2. The number of fused-ring (bicyclic) bond motifs is 2. The van der Waals surface area contributed by atoms with Crippen LogP contribution in [0.2, 0.25) is 0 Å². The fourth-order valence-corrected chi connectivity index (χ4v) is 6.04. The van der Waals surface area contributed by atoms with Gasteiger partial charge in [-0.1, -0.05) is 30.4 Å². The maximum Gasteiger partial charge on any atom is 0.307 e. The minimum absolute atomic E-state index is 0.0188. The molecular formula is C19H22N2O5S. The third-order valence-corrected chi connectivity index (χ3v) is 7.87. The van der Waals surface area contributed by atoms with Gasteiger partial charge >= 0.3 is 5.97 Å². The van der Waals surface area contributed by atoms with Crippen LogP contribution in [-0.4, -0.2) is 60.8 Å². The number of nitrogens with zero attached hydrogens (tertiary/aromatic N) is 2. The molecule has 0 spiro atoms. The van der Waals surface area contributed by atoms with Crippen molar-refractivity contribution in [2.75, 3.05) is 26.2 Å². The first-order chi connectivity index (χ1) is 12.9. The lowest BCUT2D eigenvalue weighted by Crippen LogP contribution is -2.53. The lowest BCUT2D eigenvalue weighted by Gasteiger charge is -2.37. The molecule has 2 aliphatic carbocycles. The molecule has 2 bridgehead atoms. The molecule has 1 amide bonds. The Labute approximate surface area is 158 Å². The van der Waals surface area contributed by atoms with Crippen molar-refractivity contribution in [2.24, 2.45) is 23.7 Å². The third-order valence-electron chi connectivity index (χ3n) is 5.96. The molecule has 3 aliphatic rings. The van der Waals surface area contributed by atoms with Crippen LogP contribution >= 0.6 is 0 Å². The molecule has 0 unspecified atom stereocenters. The molecule has 1 aromatic carbocycles. The molecule has 2 fully saturated rings. The molecule has 1 saturated carbocycles. The fourth-order valence-electron chi connectivity index (χ4n) is 4.60. The summed E-state index contributed by atoms with van der Waals surface area (Å²) in [5.41, 5.74) is 0. The van der Waals surface area contributed by atoms with Gasteiger partial charge in [-0.25, -0.2) is 8.42 Å². The average Bonchev–Trinajstić information content (AvgIpc) is 3.29. The Morgan fingerprint density at radius 3 is 2.11 bits per heavy atom. The van der Waals surface area contributed by atoms with Crippen LogP contribution in [0.1, 0.15) is 6.42 Å². The van der Waals surface area contributed by atoms with Gasteiger partial charge in [-0.2, -0.15) is 4.31 Å². The Bertz CT molecular complexity index is 875. The number of rotatable bonds is 4. The summed E-state index contributed by atoms with van der Waals surface area (Å²) in [5.74, 6) is -2.37. The van der Waals surface area contributed by atoms with Crippen molar-refractivity contribution in [1.29, 1.82) is 0 Å². The number of amides is 1. The van der Waals surface area contributed by atoms with E-state index in [0.29, 0.717) is 0 Å². The van der Waals surface area contributed by atoms with E-state index < -0.39 is 27.8 Å². The van der Waals surface area contributed by atoms with Crippen LogP contribution in [0.5, 0.6) is 0 Å². The van der Waals surface area contributed by atoms with Crippen LogP contribution in [0.15, 0.2) is 47.4 Å². The maximum atomic E-state index is 13.0. The lowest BCUT2D eigenvalue weighted by molar-refractivity contribution is -0.151. The molecular weight excluding hydrogens is 368 g/mol. The van der Waals surface area contributed by atoms with Crippen LogP contribution in [-0.2, 0) is 19.6 Å². The highest BCUT2D eigenvalue weighted by Gasteiger charge is 2.52. The number of carboxylic acid groups (broad SMARTS) is 1. The van der Waals surface area contributed by atoms with Gasteiger partial charge in [-0.3, -0.25) is 9.59 Å². The minimum atomic E-state index is -3.57. The summed E-state index contributed by atoms with van der Waals surface area (Å²) in [6, 6.07) is 8.25. The number of hydrogen-bond donors (Lipinski definition) is 1. The molecule has 7 nitrogen and oxygen atoms in total. The van der Waals surface area contributed by atoms with Crippen LogP contribution in [0.4, 0.5) is 0 Å². The van der Waals surface area contributed by atoms with Crippen LogP contribution < -0.4 is 0 Å². The third kappa shape index (κ3) is 3.06. The summed E-state index contributed by atoms with van der Waals surface area (Å²) in [5, 5.41) is 9.54. The van der Waals surface area contributed by atoms with Gasteiger partial charge in [0.15, 0.2) is 0 Å². The predicted octanol–water partition coefficient (Wildman–Crippen LogP) is 1.04. The van der Waals surface area contributed by atoms with Crippen LogP contribution in [0.3, 0.4) is 0 Å². The number of hydrogen-bond acceptors (Lipinski definition) is 4. The molecule has 0 radical (unpaired) electrons. The number of carboxylic acids is 1. The summed E-state index contributed by atoms with van der Waals surface area (Å²) in [6.07, 6.45) is 4.59. The van der Waals surface area contributed by atoms with Crippen molar-refractivity contribution >= 4 is 21.9 Å². The van der Waals surface area contributed by atoms with Gasteiger partial charge in [0.1, 0.15) is 0 Å². The van der Waals surface area contributed by atoms with Crippen molar-refractivity contribution in [3.63, 3.8) is 0 Å². The van der Waals surface area contributed by atoms with Crippen molar-refractivity contribution in [3.8, 4) is 0 Å². The van der Waals surface area contributed by atoms with Gasteiger partial charge in [-0.15, -0.1) is 0 Å². The predicted molar refractivity (Wildman–Crippen MR) is 97.1 cm³/mol. The van der Waals surface area contributed by atoms with Crippen LogP contribution in [0.25, 0.3) is 0 Å². The Balaban J connectivity index is 1.44. The molecule has 4 atom stereocenters. The topological polar surface area (TPSA) is 95.0 Å². The molecule has 1 N–H and O–H groups in total. The highest BCUT2D eigenvalue weighted by molar-refractivity contribution is 7.89. The number of benzene rings is 1. The zero-order valence-electron chi connectivity index (χ0n) is 14.8. The smallest absolute Gasteiger partial charge is 0.307 e. The quantitative estimate of drug-likeness (QED) is 0.775. The largest absolute Gasteiger partial charge is 0.481 e. The number of piperazine rings is 1. The van der Waals surface area contributed by atoms with E-state index in [1.165, 1.54) is 4.31 Å². The second-order valence-electron chi connectivity index (χ2n) is 7.38. The van der Waals surface area contributed by atoms with E-state index in [1.54, 1.807) is 35.2 Å². The van der Waals surface area contributed by atoms with Gasteiger partial charge < -0.3 is 10.0 Å². The number of aliphatic carboxylic acids is 1. The van der Waals surface area contributed by atoms with E-state index in [-0.39, 0.29) is 48.8 Å². The number of allylic oxidation sites excluding steroid dienone is 2. The fraction of sp³-hybridized carbons (Fsp3) is 0.474. The summed E-state index contributed by atoms with van der Waals surface area (Å²) < 4.78 is 26.8. The standard InChI is InChI=1S/C19H22N2O5S/c22-18(16-13-6-7-14(12-13)17(16)19(23)24)20-8-10-21(11-9-20)27(25,26)15-4-2-1-3-5-15/h1-7,13-14,16-17H,8-12H2,(H,23,24)/t13-,14-,16+,17+/m0/s1. The first kappa shape index (κ1) is 18.2. The molecule has 8 heteroatoms. The van der Waals surface area contributed by atoms with Crippen molar-refractivity contribution < 1.29 is 23.1 Å². The van der Waals surface area contributed by atoms with Gasteiger partial charge in [-0.05, 0) is 30.4 Å². The van der Waals surface area contributed by atoms with E-state index in [1.807, 2.05) is 12.2 Å². The Hall–Kier alpha value is -2.19. The van der Waals surface area contributed by atoms with Crippen molar-refractivity contribution in [3.05, 3.63) is 42.5 Å². The second kappa shape index (κ2) is 6.76. The van der Waals surface area contributed by atoms with E-state index in [2.05, 4.69) is 0 Å². The molecule has 27 heavy (non-hydrogen) atoms. The van der Waals surface area contributed by atoms with E-state index in [9.17, 15) is 23.1 Å². The van der Waals surface area contributed by atoms with E-state index >= 15 is 0 Å². The number of carbonyl (C=O) groups is 2. The first-order valence-electron chi connectivity index (χ1n) is 9.14. The number of sulfonamides is 1. The molecule has 1 heterocycles. The van der Waals surface area contributed by atoms with E-state index in [0.717, 1.165) is 6.42 Å². The van der Waals surface area contributed by atoms with Crippen LogP contribution in [0, 0.1) is 23.7 Å². The Morgan fingerprint density at radius 2 is 1.52 bits per heavy atom. The molecule has 1 aliphatic heterocycles. The van der Waals surface area contributed by atoms with Crippen molar-refractivity contribution in [2.45, 2.75) is 11.3 Å². The highest BCUT2D eigenvalue weighted by Crippen LogP contribution is 2.48. The molecule has 0 aromatic heterocycles. The van der Waals surface area contributed by atoms with Gasteiger partial charge in [0.2, 0.25) is 15.9 Å². The summed E-state index contributed by atoms with van der Waals surface area (Å²) in [7, 11) is -3.57. The molecule has 4 rings (SSSR count). The summed E-state index contributed by atoms with van der Waals surface area (Å²) in [4.78, 5) is 26.5. The van der Waals surface area contributed by atoms with E-state index in [4.69, 9.17) is 0 Å². The lowest BCUT2D eigenvalue weighted by atomic mass is 9.82. The normalized spacial score (nSPS) is 30.6. The summed E-state index contributed by atoms with van der Waals surface area (Å²) in [6.45, 7) is 1.01. The zero-order valence-corrected chi connectivity index (χ0v) is 15.6. The maximum absolute atomic E-state index is 13.0. The average molecular weight is 390 g/mol. The molecule has 144 valence electrons. The Kier molecular flexibility index (Phi) is 4.55. The van der Waals surface area contributed by atoms with Crippen molar-refractivity contribution in [1.82, 2.24) is 9.21 Å². The highest BCUT2D eigenvalue weighted by atomic mass is 32.2. The first-order valence-corrected chi connectivity index (χ1v) is 10.6. The van der Waals surface area contributed by atoms with Gasteiger partial charge in [0.05, 0.1) is 16.7 Å². The second-order valence-corrected chi connectivity index (χ2v) is 9.32. The minimum Gasteiger partial charge on any atom is -0.481 e. The number of carbonyl (C=O) groups excluding carboxylic acids is 1.